The molecule has 0 aliphatic heterocycles. The van der Waals surface area contributed by atoms with E-state index in [2.05, 4.69) is 4.57 Å². The number of nitrogens with zero attached hydrogens (tertiary/aromatic N) is 1. The van der Waals surface area contributed by atoms with Gasteiger partial charge in [0.2, 0.25) is 0 Å². The third kappa shape index (κ3) is 2.70. The fourth-order valence-corrected chi connectivity index (χ4v) is 3.34. The van der Waals surface area contributed by atoms with Gasteiger partial charge in [-0.3, -0.25) is 4.79 Å². The topological polar surface area (TPSA) is 42.2 Å². The number of benzene rings is 3. The molecule has 0 saturated carbocycles. The van der Waals surface area contributed by atoms with Gasteiger partial charge < -0.3 is 9.67 Å². The SMILES string of the molecule is O=C(O)C(c1ccccc1)c1cn(-c2ccccc2)c2ccccc12. The zero-order valence-corrected chi connectivity index (χ0v) is 13.5. The van der Waals surface area contributed by atoms with E-state index in [9.17, 15) is 9.90 Å². The molecule has 0 aliphatic carbocycles. The lowest BCUT2D eigenvalue weighted by Crippen LogP contribution is -2.12. The molecule has 0 saturated heterocycles. The minimum absolute atomic E-state index is 0.698. The second kappa shape index (κ2) is 6.29. The van der Waals surface area contributed by atoms with Crippen LogP contribution in [0, 0.1) is 0 Å². The summed E-state index contributed by atoms with van der Waals surface area (Å²) in [6, 6.07) is 27.3. The molecule has 4 rings (SSSR count). The molecule has 1 unspecified atom stereocenters. The predicted octanol–water partition coefficient (Wildman–Crippen LogP) is 4.85. The normalized spacial score (nSPS) is 12.2. The lowest BCUT2D eigenvalue weighted by molar-refractivity contribution is -0.137. The molecule has 4 aromatic rings. The van der Waals surface area contributed by atoms with Crippen LogP contribution in [-0.2, 0) is 4.79 Å². The van der Waals surface area contributed by atoms with Crippen LogP contribution in [0.15, 0.2) is 91.1 Å². The van der Waals surface area contributed by atoms with Gasteiger partial charge in [-0.15, -0.1) is 0 Å². The Morgan fingerprint density at radius 3 is 2.08 bits per heavy atom. The Hall–Kier alpha value is -3.33. The lowest BCUT2D eigenvalue weighted by Gasteiger charge is -2.12. The van der Waals surface area contributed by atoms with E-state index < -0.39 is 11.9 Å². The molecule has 1 atom stereocenters. The van der Waals surface area contributed by atoms with Crippen LogP contribution >= 0.6 is 0 Å². The molecule has 1 aromatic heterocycles. The van der Waals surface area contributed by atoms with Gasteiger partial charge in [-0.2, -0.15) is 0 Å². The summed E-state index contributed by atoms with van der Waals surface area (Å²) in [5, 5.41) is 10.9. The molecule has 1 heterocycles. The molecule has 0 radical (unpaired) electrons. The molecule has 122 valence electrons. The maximum atomic E-state index is 12.1. The third-order valence-corrected chi connectivity index (χ3v) is 4.47. The van der Waals surface area contributed by atoms with E-state index in [-0.39, 0.29) is 0 Å². The number of carboxylic acid groups (broad SMARTS) is 1. The monoisotopic (exact) mass is 327 g/mol. The van der Waals surface area contributed by atoms with Crippen molar-refractivity contribution < 1.29 is 9.90 Å². The molecule has 3 nitrogen and oxygen atoms in total. The highest BCUT2D eigenvalue weighted by Crippen LogP contribution is 2.34. The van der Waals surface area contributed by atoms with Crippen molar-refractivity contribution in [3.05, 3.63) is 102 Å². The molecule has 0 amide bonds. The number of hydrogen-bond acceptors (Lipinski definition) is 1. The highest BCUT2D eigenvalue weighted by Gasteiger charge is 2.26. The number of para-hydroxylation sites is 2. The Labute approximate surface area is 145 Å². The zero-order chi connectivity index (χ0) is 17.2. The average molecular weight is 327 g/mol. The summed E-state index contributed by atoms with van der Waals surface area (Å²) in [5.74, 6) is -1.54. The van der Waals surface area contributed by atoms with E-state index in [1.165, 1.54) is 0 Å². The first-order valence-corrected chi connectivity index (χ1v) is 8.19. The number of carbonyl (C=O) groups is 1. The highest BCUT2D eigenvalue weighted by atomic mass is 16.4. The number of aromatic nitrogens is 1. The Bertz CT molecular complexity index is 1020. The minimum Gasteiger partial charge on any atom is -0.481 e. The first-order valence-electron chi connectivity index (χ1n) is 8.19. The molecule has 3 aromatic carbocycles. The van der Waals surface area contributed by atoms with Crippen molar-refractivity contribution in [1.29, 1.82) is 0 Å². The van der Waals surface area contributed by atoms with E-state index in [0.717, 1.165) is 27.7 Å². The molecule has 1 N–H and O–H groups in total. The van der Waals surface area contributed by atoms with Crippen molar-refractivity contribution in [3.63, 3.8) is 0 Å². The van der Waals surface area contributed by atoms with Gasteiger partial charge in [-0.25, -0.2) is 0 Å². The summed E-state index contributed by atoms with van der Waals surface area (Å²) in [7, 11) is 0. The number of aliphatic carboxylic acids is 1. The van der Waals surface area contributed by atoms with Crippen LogP contribution in [0.25, 0.3) is 16.6 Å². The van der Waals surface area contributed by atoms with E-state index in [0.29, 0.717) is 0 Å². The summed E-state index contributed by atoms with van der Waals surface area (Å²) in [6.45, 7) is 0. The average Bonchev–Trinajstić information content (AvgIpc) is 3.03. The smallest absolute Gasteiger partial charge is 0.315 e. The summed E-state index contributed by atoms with van der Waals surface area (Å²) in [4.78, 5) is 12.1. The van der Waals surface area contributed by atoms with Gasteiger partial charge in [0.25, 0.3) is 0 Å². The summed E-state index contributed by atoms with van der Waals surface area (Å²) < 4.78 is 2.06. The predicted molar refractivity (Wildman–Crippen MR) is 99.2 cm³/mol. The first kappa shape index (κ1) is 15.2. The number of rotatable bonds is 4. The standard InChI is InChI=1S/C22H17NO2/c24-22(25)21(16-9-3-1-4-10-16)19-15-23(17-11-5-2-6-12-17)20-14-8-7-13-18(19)20/h1-15,21H,(H,24,25). The lowest BCUT2D eigenvalue weighted by atomic mass is 9.91. The highest BCUT2D eigenvalue weighted by molar-refractivity contribution is 5.92. The molecule has 3 heteroatoms. The van der Waals surface area contributed by atoms with E-state index in [1.54, 1.807) is 0 Å². The van der Waals surface area contributed by atoms with Gasteiger partial charge in [-0.05, 0) is 29.3 Å². The second-order valence-electron chi connectivity index (χ2n) is 5.99. The fourth-order valence-electron chi connectivity index (χ4n) is 3.34. The van der Waals surface area contributed by atoms with Gasteiger partial charge in [0.05, 0.1) is 5.52 Å². The third-order valence-electron chi connectivity index (χ3n) is 4.47. The van der Waals surface area contributed by atoms with Crippen LogP contribution in [0.2, 0.25) is 0 Å². The maximum Gasteiger partial charge on any atom is 0.315 e. The second-order valence-corrected chi connectivity index (χ2v) is 5.99. The first-order chi connectivity index (χ1) is 12.3. The van der Waals surface area contributed by atoms with Gasteiger partial charge in [-0.1, -0.05) is 66.7 Å². The van der Waals surface area contributed by atoms with Gasteiger partial charge in [0.15, 0.2) is 0 Å². The quantitative estimate of drug-likeness (QED) is 0.582. The van der Waals surface area contributed by atoms with Crippen molar-refractivity contribution in [2.45, 2.75) is 5.92 Å². The molecule has 0 fully saturated rings. The Morgan fingerprint density at radius 1 is 0.800 bits per heavy atom. The Morgan fingerprint density at radius 2 is 1.40 bits per heavy atom. The van der Waals surface area contributed by atoms with E-state index in [4.69, 9.17) is 0 Å². The van der Waals surface area contributed by atoms with Crippen LogP contribution in [0.5, 0.6) is 0 Å². The number of fused-ring (bicyclic) bond motifs is 1. The molecular formula is C22H17NO2. The summed E-state index contributed by atoms with van der Waals surface area (Å²) in [6.07, 6.45) is 1.95. The van der Waals surface area contributed by atoms with Crippen LogP contribution < -0.4 is 0 Å². The Kier molecular flexibility index (Phi) is 3.82. The molecule has 0 spiro atoms. The van der Waals surface area contributed by atoms with Crippen molar-refractivity contribution >= 4 is 16.9 Å². The van der Waals surface area contributed by atoms with E-state index >= 15 is 0 Å². The largest absolute Gasteiger partial charge is 0.481 e. The molecule has 0 aliphatic rings. The number of hydrogen-bond donors (Lipinski definition) is 1. The van der Waals surface area contributed by atoms with Crippen molar-refractivity contribution in [2.24, 2.45) is 0 Å². The summed E-state index contributed by atoms with van der Waals surface area (Å²) >= 11 is 0. The van der Waals surface area contributed by atoms with Gasteiger partial charge >= 0.3 is 5.97 Å². The van der Waals surface area contributed by atoms with Crippen molar-refractivity contribution in [2.75, 3.05) is 0 Å². The fraction of sp³-hybridized carbons (Fsp3) is 0.0455. The van der Waals surface area contributed by atoms with Crippen molar-refractivity contribution in [3.8, 4) is 5.69 Å². The van der Waals surface area contributed by atoms with Crippen LogP contribution in [-0.4, -0.2) is 15.6 Å². The van der Waals surface area contributed by atoms with Crippen LogP contribution in [0.4, 0.5) is 0 Å². The molecular weight excluding hydrogens is 310 g/mol. The van der Waals surface area contributed by atoms with Gasteiger partial charge in [0.1, 0.15) is 5.92 Å². The Balaban J connectivity index is 1.97. The minimum atomic E-state index is -0.845. The zero-order valence-electron chi connectivity index (χ0n) is 13.5. The molecule has 25 heavy (non-hydrogen) atoms. The van der Waals surface area contributed by atoms with Crippen molar-refractivity contribution in [1.82, 2.24) is 4.57 Å². The van der Waals surface area contributed by atoms with Crippen LogP contribution in [0.1, 0.15) is 17.0 Å². The number of carboxylic acids is 1. The van der Waals surface area contributed by atoms with E-state index in [1.807, 2.05) is 91.1 Å². The molecule has 0 bridgehead atoms. The van der Waals surface area contributed by atoms with Gasteiger partial charge in [0, 0.05) is 17.3 Å². The maximum absolute atomic E-state index is 12.1. The van der Waals surface area contributed by atoms with Crippen LogP contribution in [0.3, 0.4) is 0 Å². The summed E-state index contributed by atoms with van der Waals surface area (Å²) in [5.41, 5.74) is 3.61.